The van der Waals surface area contributed by atoms with E-state index in [0.29, 0.717) is 11.2 Å². The van der Waals surface area contributed by atoms with Gasteiger partial charge in [-0.1, -0.05) is 17.8 Å². The Labute approximate surface area is 138 Å². The lowest BCUT2D eigenvalue weighted by Gasteiger charge is -2.10. The largest absolute Gasteiger partial charge is 0.573 e. The van der Waals surface area contributed by atoms with Crippen LogP contribution in [0.2, 0.25) is 0 Å². The van der Waals surface area contributed by atoms with Crippen LogP contribution >= 0.6 is 11.8 Å². The third kappa shape index (κ3) is 4.60. The Morgan fingerprint density at radius 3 is 2.92 bits per heavy atom. The Balaban J connectivity index is 1.55. The zero-order valence-corrected chi connectivity index (χ0v) is 13.0. The van der Waals surface area contributed by atoms with Crippen LogP contribution in [0, 0.1) is 0 Å². The van der Waals surface area contributed by atoms with Crippen LogP contribution < -0.4 is 10.1 Å². The van der Waals surface area contributed by atoms with Crippen molar-refractivity contribution in [1.82, 2.24) is 20.2 Å². The van der Waals surface area contributed by atoms with Crippen LogP contribution in [0.5, 0.6) is 5.75 Å². The number of carbonyl (C=O) groups is 1. The molecule has 0 unspecified atom stereocenters. The molecular formula is C13H12F3N5O2S. The highest BCUT2D eigenvalue weighted by Crippen LogP contribution is 2.36. The standard InChI is InChI=1S/C13H12F3N5O2S/c14-13(15,16)23-10-3-1-2-8(6-10)17-11(22)7-24-12-18-19-20-21(12)9-4-5-9/h1-3,6,9H,4-5,7H2,(H,17,22). The molecule has 1 saturated carbocycles. The number of hydrogen-bond acceptors (Lipinski definition) is 6. The average molecular weight is 359 g/mol. The van der Waals surface area contributed by atoms with Crippen molar-refractivity contribution in [2.75, 3.05) is 11.1 Å². The number of hydrogen-bond donors (Lipinski definition) is 1. The normalized spacial score (nSPS) is 14.5. The second kappa shape index (κ2) is 6.67. The molecule has 0 spiro atoms. The highest BCUT2D eigenvalue weighted by molar-refractivity contribution is 7.99. The van der Waals surface area contributed by atoms with E-state index < -0.39 is 12.1 Å². The molecule has 1 N–H and O–H groups in total. The zero-order chi connectivity index (χ0) is 17.2. The molecule has 1 aliphatic carbocycles. The number of ether oxygens (including phenoxy) is 1. The van der Waals surface area contributed by atoms with E-state index in [2.05, 4.69) is 25.6 Å². The number of tetrazole rings is 1. The molecule has 0 atom stereocenters. The number of carbonyl (C=O) groups excluding carboxylic acids is 1. The topological polar surface area (TPSA) is 81.9 Å². The zero-order valence-electron chi connectivity index (χ0n) is 12.2. The summed E-state index contributed by atoms with van der Waals surface area (Å²) >= 11 is 1.17. The van der Waals surface area contributed by atoms with Gasteiger partial charge >= 0.3 is 6.36 Å². The summed E-state index contributed by atoms with van der Waals surface area (Å²) in [7, 11) is 0. The molecule has 1 aliphatic rings. The van der Waals surface area contributed by atoms with Gasteiger partial charge in [-0.05, 0) is 35.4 Å². The maximum atomic E-state index is 12.2. The molecule has 0 saturated heterocycles. The molecule has 1 amide bonds. The first-order chi connectivity index (χ1) is 11.4. The number of rotatable bonds is 6. The van der Waals surface area contributed by atoms with E-state index in [4.69, 9.17) is 0 Å². The number of nitrogens with one attached hydrogen (secondary N) is 1. The molecule has 3 rings (SSSR count). The Morgan fingerprint density at radius 1 is 1.42 bits per heavy atom. The fourth-order valence-electron chi connectivity index (χ4n) is 1.93. The number of halogens is 3. The number of thioether (sulfide) groups is 1. The maximum Gasteiger partial charge on any atom is 0.573 e. The summed E-state index contributed by atoms with van der Waals surface area (Å²) in [5, 5.41) is 14.3. The van der Waals surface area contributed by atoms with E-state index in [1.54, 1.807) is 4.68 Å². The molecule has 1 fully saturated rings. The first-order valence-corrected chi connectivity index (χ1v) is 7.95. The van der Waals surface area contributed by atoms with Gasteiger partial charge < -0.3 is 10.1 Å². The van der Waals surface area contributed by atoms with Gasteiger partial charge in [-0.25, -0.2) is 4.68 Å². The number of alkyl halides is 3. The molecule has 2 aromatic rings. The lowest BCUT2D eigenvalue weighted by Crippen LogP contribution is -2.18. The highest BCUT2D eigenvalue weighted by atomic mass is 32.2. The van der Waals surface area contributed by atoms with Crippen molar-refractivity contribution in [1.29, 1.82) is 0 Å². The summed E-state index contributed by atoms with van der Waals surface area (Å²) in [5.41, 5.74) is 0.212. The summed E-state index contributed by atoms with van der Waals surface area (Å²) in [6, 6.07) is 5.38. The van der Waals surface area contributed by atoms with Crippen molar-refractivity contribution in [3.05, 3.63) is 24.3 Å². The van der Waals surface area contributed by atoms with Crippen LogP contribution in [-0.2, 0) is 4.79 Å². The van der Waals surface area contributed by atoms with Gasteiger partial charge in [-0.15, -0.1) is 18.3 Å². The van der Waals surface area contributed by atoms with Gasteiger partial charge in [-0.2, -0.15) is 0 Å². The SMILES string of the molecule is O=C(CSc1nnnn1C1CC1)Nc1cccc(OC(F)(F)F)c1. The van der Waals surface area contributed by atoms with Crippen molar-refractivity contribution in [3.8, 4) is 5.75 Å². The highest BCUT2D eigenvalue weighted by Gasteiger charge is 2.31. The second-order valence-corrected chi connectivity index (χ2v) is 5.99. The van der Waals surface area contributed by atoms with Gasteiger partial charge in [0, 0.05) is 11.8 Å². The van der Waals surface area contributed by atoms with Gasteiger partial charge in [0.25, 0.3) is 0 Å². The first-order valence-electron chi connectivity index (χ1n) is 6.97. The summed E-state index contributed by atoms with van der Waals surface area (Å²) in [6.07, 6.45) is -2.76. The van der Waals surface area contributed by atoms with Crippen molar-refractivity contribution < 1.29 is 22.7 Å². The molecule has 128 valence electrons. The monoisotopic (exact) mass is 359 g/mol. The Kier molecular flexibility index (Phi) is 4.60. The number of aromatic nitrogens is 4. The molecule has 1 heterocycles. The van der Waals surface area contributed by atoms with Crippen molar-refractivity contribution in [2.45, 2.75) is 30.4 Å². The van der Waals surface area contributed by atoms with Crippen LogP contribution in [0.1, 0.15) is 18.9 Å². The van der Waals surface area contributed by atoms with E-state index in [9.17, 15) is 18.0 Å². The lowest BCUT2D eigenvalue weighted by molar-refractivity contribution is -0.274. The molecule has 7 nitrogen and oxygen atoms in total. The Bertz CT molecular complexity index is 732. The maximum absolute atomic E-state index is 12.2. The predicted octanol–water partition coefficient (Wildman–Crippen LogP) is 2.64. The molecule has 1 aromatic carbocycles. The fourth-order valence-corrected chi connectivity index (χ4v) is 2.67. The van der Waals surface area contributed by atoms with E-state index in [1.165, 1.54) is 23.9 Å². The predicted molar refractivity (Wildman–Crippen MR) is 78.6 cm³/mol. The molecule has 0 radical (unpaired) electrons. The van der Waals surface area contributed by atoms with Gasteiger partial charge in [0.15, 0.2) is 0 Å². The smallest absolute Gasteiger partial charge is 0.406 e. The summed E-state index contributed by atoms with van der Waals surface area (Å²) in [5.74, 6) is -0.739. The summed E-state index contributed by atoms with van der Waals surface area (Å²) in [4.78, 5) is 11.9. The minimum absolute atomic E-state index is 0.0391. The number of anilines is 1. The van der Waals surface area contributed by atoms with Gasteiger partial charge in [0.1, 0.15) is 5.75 Å². The molecule has 24 heavy (non-hydrogen) atoms. The van der Waals surface area contributed by atoms with Crippen molar-refractivity contribution in [2.24, 2.45) is 0 Å². The third-order valence-electron chi connectivity index (χ3n) is 3.04. The fraction of sp³-hybridized carbons (Fsp3) is 0.385. The van der Waals surface area contributed by atoms with Crippen LogP contribution in [0.15, 0.2) is 29.4 Å². The average Bonchev–Trinajstić information content (AvgIpc) is 3.22. The van der Waals surface area contributed by atoms with Gasteiger partial charge in [-0.3, -0.25) is 4.79 Å². The molecule has 0 bridgehead atoms. The molecule has 1 aromatic heterocycles. The Hall–Kier alpha value is -2.30. The van der Waals surface area contributed by atoms with Crippen LogP contribution in [0.25, 0.3) is 0 Å². The van der Waals surface area contributed by atoms with E-state index in [-0.39, 0.29) is 17.3 Å². The van der Waals surface area contributed by atoms with Crippen molar-refractivity contribution >= 4 is 23.4 Å². The number of amides is 1. The lowest BCUT2D eigenvalue weighted by atomic mass is 10.3. The number of benzene rings is 1. The van der Waals surface area contributed by atoms with E-state index >= 15 is 0 Å². The second-order valence-electron chi connectivity index (χ2n) is 5.05. The van der Waals surface area contributed by atoms with Gasteiger partial charge in [0.05, 0.1) is 11.8 Å². The molecule has 0 aliphatic heterocycles. The van der Waals surface area contributed by atoms with Crippen molar-refractivity contribution in [3.63, 3.8) is 0 Å². The minimum atomic E-state index is -4.78. The third-order valence-corrected chi connectivity index (χ3v) is 3.97. The molecule has 11 heteroatoms. The number of nitrogens with zero attached hydrogens (tertiary/aromatic N) is 4. The van der Waals surface area contributed by atoms with E-state index in [0.717, 1.165) is 25.0 Å². The van der Waals surface area contributed by atoms with Crippen LogP contribution in [0.4, 0.5) is 18.9 Å². The minimum Gasteiger partial charge on any atom is -0.406 e. The quantitative estimate of drug-likeness (QED) is 0.799. The van der Waals surface area contributed by atoms with E-state index in [1.807, 2.05) is 0 Å². The molecular weight excluding hydrogens is 347 g/mol. The van der Waals surface area contributed by atoms with Gasteiger partial charge in [0.2, 0.25) is 11.1 Å². The van der Waals surface area contributed by atoms with Crippen LogP contribution in [0.3, 0.4) is 0 Å². The Morgan fingerprint density at radius 2 is 2.21 bits per heavy atom. The summed E-state index contributed by atoms with van der Waals surface area (Å²) in [6.45, 7) is 0. The summed E-state index contributed by atoms with van der Waals surface area (Å²) < 4.78 is 42.0. The van der Waals surface area contributed by atoms with Crippen LogP contribution in [-0.4, -0.2) is 38.2 Å². The first kappa shape index (κ1) is 16.6.